The van der Waals surface area contributed by atoms with Crippen molar-refractivity contribution in [2.24, 2.45) is 0 Å². The van der Waals surface area contributed by atoms with Gasteiger partial charge < -0.3 is 4.74 Å². The van der Waals surface area contributed by atoms with Crippen LogP contribution in [0, 0.1) is 0 Å². The number of hydrogen-bond donors (Lipinski definition) is 1. The number of tetrazole rings is 1. The molecule has 0 aliphatic carbocycles. The lowest BCUT2D eigenvalue weighted by atomic mass is 10.1. The standard InChI is InChI=1S/C9H8N4O/c1-2-6(8-5-14-8)4-7(3-1)9-10-12-13-11-9/h1-4,8H,5H2,(H,10,11,12,13)/t8-/m1/s1. The molecule has 1 saturated heterocycles. The normalized spacial score (nSPS) is 19.6. The summed E-state index contributed by atoms with van der Waals surface area (Å²) in [5, 5.41) is 13.8. The van der Waals surface area contributed by atoms with Gasteiger partial charge in [0.15, 0.2) is 0 Å². The van der Waals surface area contributed by atoms with E-state index in [0.717, 1.165) is 12.2 Å². The molecule has 1 aromatic heterocycles. The minimum absolute atomic E-state index is 0.266. The fraction of sp³-hybridized carbons (Fsp3) is 0.222. The van der Waals surface area contributed by atoms with Gasteiger partial charge in [-0.1, -0.05) is 18.2 Å². The number of aromatic nitrogens is 4. The summed E-state index contributed by atoms with van der Waals surface area (Å²) < 4.78 is 5.20. The molecule has 70 valence electrons. The molecule has 5 nitrogen and oxygen atoms in total. The van der Waals surface area contributed by atoms with Gasteiger partial charge >= 0.3 is 0 Å². The van der Waals surface area contributed by atoms with Crippen molar-refractivity contribution in [3.63, 3.8) is 0 Å². The third-order valence-electron chi connectivity index (χ3n) is 2.20. The van der Waals surface area contributed by atoms with Crippen molar-refractivity contribution in [3.8, 4) is 11.4 Å². The average Bonchev–Trinajstić information content (AvgIpc) is 2.94. The smallest absolute Gasteiger partial charge is 0.204 e. The molecule has 1 N–H and O–H groups in total. The van der Waals surface area contributed by atoms with Crippen LogP contribution in [-0.2, 0) is 4.74 Å². The summed E-state index contributed by atoms with van der Waals surface area (Å²) in [6.07, 6.45) is 0.266. The van der Waals surface area contributed by atoms with Gasteiger partial charge in [-0.3, -0.25) is 0 Å². The summed E-state index contributed by atoms with van der Waals surface area (Å²) in [7, 11) is 0. The maximum atomic E-state index is 5.20. The van der Waals surface area contributed by atoms with Crippen molar-refractivity contribution in [3.05, 3.63) is 29.8 Å². The number of epoxide rings is 1. The molecule has 1 aliphatic rings. The number of rotatable bonds is 2. The molecule has 2 heterocycles. The van der Waals surface area contributed by atoms with Gasteiger partial charge in [-0.15, -0.1) is 10.2 Å². The quantitative estimate of drug-likeness (QED) is 0.712. The van der Waals surface area contributed by atoms with E-state index in [1.165, 1.54) is 5.56 Å². The molecule has 0 saturated carbocycles. The second-order valence-electron chi connectivity index (χ2n) is 3.18. The van der Waals surface area contributed by atoms with Crippen molar-refractivity contribution in [1.82, 2.24) is 20.6 Å². The second kappa shape index (κ2) is 2.88. The molecular formula is C9H8N4O. The summed E-state index contributed by atoms with van der Waals surface area (Å²) in [5.74, 6) is 0.618. The molecule has 1 fully saturated rings. The zero-order valence-corrected chi connectivity index (χ0v) is 7.34. The Kier molecular flexibility index (Phi) is 1.57. The highest BCUT2D eigenvalue weighted by atomic mass is 16.6. The molecule has 5 heteroatoms. The summed E-state index contributed by atoms with van der Waals surface area (Å²) in [5.41, 5.74) is 2.14. The maximum Gasteiger partial charge on any atom is 0.204 e. The first-order valence-corrected chi connectivity index (χ1v) is 4.39. The molecular weight excluding hydrogens is 180 g/mol. The van der Waals surface area contributed by atoms with Gasteiger partial charge in [0.1, 0.15) is 6.10 Å². The van der Waals surface area contributed by atoms with E-state index in [0.29, 0.717) is 5.82 Å². The molecule has 1 aliphatic heterocycles. The first kappa shape index (κ1) is 7.64. The molecule has 1 atom stereocenters. The van der Waals surface area contributed by atoms with Crippen molar-refractivity contribution in [2.75, 3.05) is 6.61 Å². The number of aromatic amines is 1. The maximum absolute atomic E-state index is 5.20. The van der Waals surface area contributed by atoms with Crippen LogP contribution < -0.4 is 0 Å². The van der Waals surface area contributed by atoms with Gasteiger partial charge in [-0.2, -0.15) is 5.21 Å². The largest absolute Gasteiger partial charge is 0.368 e. The third kappa shape index (κ3) is 1.27. The zero-order chi connectivity index (χ0) is 9.38. The highest BCUT2D eigenvalue weighted by Gasteiger charge is 2.24. The van der Waals surface area contributed by atoms with Gasteiger partial charge in [-0.25, -0.2) is 0 Å². The van der Waals surface area contributed by atoms with E-state index in [2.05, 4.69) is 20.6 Å². The van der Waals surface area contributed by atoms with Crippen molar-refractivity contribution < 1.29 is 4.74 Å². The minimum atomic E-state index is 0.266. The second-order valence-corrected chi connectivity index (χ2v) is 3.18. The Morgan fingerprint density at radius 3 is 3.07 bits per heavy atom. The highest BCUT2D eigenvalue weighted by Crippen LogP contribution is 2.31. The van der Waals surface area contributed by atoms with Crippen LogP contribution in [0.3, 0.4) is 0 Å². The lowest BCUT2D eigenvalue weighted by Gasteiger charge is -1.97. The Bertz CT molecular complexity index is 436. The highest BCUT2D eigenvalue weighted by molar-refractivity contribution is 5.55. The molecule has 0 bridgehead atoms. The van der Waals surface area contributed by atoms with Gasteiger partial charge in [0.25, 0.3) is 0 Å². The van der Waals surface area contributed by atoms with E-state index in [1.807, 2.05) is 24.3 Å². The molecule has 0 radical (unpaired) electrons. The third-order valence-corrected chi connectivity index (χ3v) is 2.20. The Morgan fingerprint density at radius 2 is 2.36 bits per heavy atom. The van der Waals surface area contributed by atoms with E-state index in [9.17, 15) is 0 Å². The lowest BCUT2D eigenvalue weighted by molar-refractivity contribution is 0.415. The molecule has 1 aromatic carbocycles. The summed E-state index contributed by atoms with van der Waals surface area (Å²) >= 11 is 0. The number of benzene rings is 1. The van der Waals surface area contributed by atoms with E-state index >= 15 is 0 Å². The van der Waals surface area contributed by atoms with E-state index < -0.39 is 0 Å². The first-order valence-electron chi connectivity index (χ1n) is 4.39. The van der Waals surface area contributed by atoms with Crippen molar-refractivity contribution in [1.29, 1.82) is 0 Å². The Labute approximate surface area is 80.1 Å². The number of H-pyrrole nitrogens is 1. The van der Waals surface area contributed by atoms with Crippen LogP contribution in [0.4, 0.5) is 0 Å². The average molecular weight is 188 g/mol. The summed E-state index contributed by atoms with van der Waals surface area (Å²) in [4.78, 5) is 0. The van der Waals surface area contributed by atoms with E-state index in [4.69, 9.17) is 4.74 Å². The molecule has 0 unspecified atom stereocenters. The van der Waals surface area contributed by atoms with Gasteiger partial charge in [-0.05, 0) is 16.8 Å². The Balaban J connectivity index is 2.02. The Hall–Kier alpha value is -1.75. The molecule has 0 spiro atoms. The van der Waals surface area contributed by atoms with Crippen LogP contribution >= 0.6 is 0 Å². The van der Waals surface area contributed by atoms with Crippen LogP contribution in [0.25, 0.3) is 11.4 Å². The lowest BCUT2D eigenvalue weighted by Crippen LogP contribution is -1.85. The van der Waals surface area contributed by atoms with E-state index in [1.54, 1.807) is 0 Å². The van der Waals surface area contributed by atoms with Crippen LogP contribution in [0.15, 0.2) is 24.3 Å². The molecule has 0 amide bonds. The van der Waals surface area contributed by atoms with Crippen molar-refractivity contribution in [2.45, 2.75) is 6.10 Å². The van der Waals surface area contributed by atoms with Crippen molar-refractivity contribution >= 4 is 0 Å². The SMILES string of the molecule is c1cc(-c2nn[nH]n2)cc([C@H]2CO2)c1. The molecule has 3 rings (SSSR count). The fourth-order valence-electron chi connectivity index (χ4n) is 1.40. The number of ether oxygens (including phenoxy) is 1. The van der Waals surface area contributed by atoms with Gasteiger partial charge in [0.05, 0.1) is 6.61 Å². The number of nitrogens with zero attached hydrogens (tertiary/aromatic N) is 3. The summed E-state index contributed by atoms with van der Waals surface area (Å²) in [6.45, 7) is 0.815. The predicted octanol–water partition coefficient (Wildman–Crippen LogP) is 0.938. The van der Waals surface area contributed by atoms with Gasteiger partial charge in [0.2, 0.25) is 5.82 Å². The number of nitrogens with one attached hydrogen (secondary N) is 1. The van der Waals surface area contributed by atoms with Crippen LogP contribution in [-0.4, -0.2) is 27.2 Å². The van der Waals surface area contributed by atoms with Gasteiger partial charge in [0, 0.05) is 5.56 Å². The predicted molar refractivity (Wildman–Crippen MR) is 48.3 cm³/mol. The Morgan fingerprint density at radius 1 is 1.43 bits per heavy atom. The zero-order valence-electron chi connectivity index (χ0n) is 7.34. The fourth-order valence-corrected chi connectivity index (χ4v) is 1.40. The minimum Gasteiger partial charge on any atom is -0.368 e. The molecule has 14 heavy (non-hydrogen) atoms. The monoisotopic (exact) mass is 188 g/mol. The first-order chi connectivity index (χ1) is 6.93. The van der Waals surface area contributed by atoms with Crippen LogP contribution in [0.5, 0.6) is 0 Å². The van der Waals surface area contributed by atoms with E-state index in [-0.39, 0.29) is 6.10 Å². The molecule has 2 aromatic rings. The number of hydrogen-bond acceptors (Lipinski definition) is 4. The summed E-state index contributed by atoms with van der Waals surface area (Å²) in [6, 6.07) is 8.00. The van der Waals surface area contributed by atoms with Crippen LogP contribution in [0.1, 0.15) is 11.7 Å². The topological polar surface area (TPSA) is 67.0 Å². The van der Waals surface area contributed by atoms with Crippen LogP contribution in [0.2, 0.25) is 0 Å².